The van der Waals surface area contributed by atoms with Gasteiger partial charge in [-0.05, 0) is 38.5 Å². The van der Waals surface area contributed by atoms with Crippen LogP contribution in [0, 0.1) is 11.3 Å². The van der Waals surface area contributed by atoms with Crippen LogP contribution in [-0.2, 0) is 19.1 Å². The summed E-state index contributed by atoms with van der Waals surface area (Å²) in [5, 5.41) is 19.5. The van der Waals surface area contributed by atoms with Crippen molar-refractivity contribution < 1.29 is 24.2 Å². The number of esters is 2. The number of nitriles is 1. The van der Waals surface area contributed by atoms with Gasteiger partial charge in [0, 0.05) is 36.0 Å². The van der Waals surface area contributed by atoms with E-state index in [1.807, 2.05) is 13.0 Å². The molecule has 0 radical (unpaired) electrons. The van der Waals surface area contributed by atoms with Gasteiger partial charge >= 0.3 is 11.9 Å². The van der Waals surface area contributed by atoms with Gasteiger partial charge in [0.15, 0.2) is 0 Å². The van der Waals surface area contributed by atoms with Gasteiger partial charge in [0.2, 0.25) is 0 Å². The van der Waals surface area contributed by atoms with Crippen molar-refractivity contribution in [1.82, 2.24) is 0 Å². The Morgan fingerprint density at radius 3 is 2.39 bits per heavy atom. The van der Waals surface area contributed by atoms with Gasteiger partial charge in [0.05, 0.1) is 0 Å². The summed E-state index contributed by atoms with van der Waals surface area (Å²) in [5.74, 6) is -1.48. The number of hydrogen-bond donors (Lipinski definition) is 1. The molecular weight excluding hydrogens is 360 g/mol. The zero-order valence-corrected chi connectivity index (χ0v) is 16.5. The minimum absolute atomic E-state index is 0.0389. The number of hydrogen-bond acceptors (Lipinski definition) is 7. The molecule has 0 saturated carbocycles. The van der Waals surface area contributed by atoms with E-state index in [1.54, 1.807) is 18.2 Å². The molecule has 7 nitrogen and oxygen atoms in total. The van der Waals surface area contributed by atoms with Crippen molar-refractivity contribution in [2.75, 3.05) is 31.2 Å². The van der Waals surface area contributed by atoms with Crippen molar-refractivity contribution in [3.63, 3.8) is 0 Å². The predicted molar refractivity (Wildman–Crippen MR) is 107 cm³/mol. The fourth-order valence-electron chi connectivity index (χ4n) is 2.35. The molecule has 1 aromatic rings. The highest BCUT2D eigenvalue weighted by atomic mass is 16.6. The molecule has 0 spiro atoms. The van der Waals surface area contributed by atoms with E-state index in [4.69, 9.17) is 9.47 Å². The lowest BCUT2D eigenvalue weighted by Gasteiger charge is -2.22. The minimum atomic E-state index is -0.862. The van der Waals surface area contributed by atoms with E-state index < -0.39 is 11.9 Å². The van der Waals surface area contributed by atoms with Crippen LogP contribution in [0.3, 0.4) is 0 Å². The van der Waals surface area contributed by atoms with Gasteiger partial charge in [-0.25, -0.2) is 9.59 Å². The van der Waals surface area contributed by atoms with Gasteiger partial charge in [-0.3, -0.25) is 0 Å². The third-order valence-electron chi connectivity index (χ3n) is 3.79. The number of nitrogens with zero attached hydrogens (tertiary/aromatic N) is 2. The number of phenols is 1. The Morgan fingerprint density at radius 2 is 1.89 bits per heavy atom. The maximum atomic E-state index is 12.0. The number of aromatic hydroxyl groups is 1. The van der Waals surface area contributed by atoms with Crippen molar-refractivity contribution in [2.45, 2.75) is 27.2 Å². The predicted octanol–water partition coefficient (Wildman–Crippen LogP) is 3.20. The van der Waals surface area contributed by atoms with Crippen LogP contribution < -0.4 is 4.90 Å². The fraction of sp³-hybridized carbons (Fsp3) is 0.381. The molecule has 0 aliphatic rings. The SMILES string of the molecule is C=C(C)C(=O)OCCOC(=O)/C(C#N)=C/c1ccc(N(CC)CCC)cc1O. The van der Waals surface area contributed by atoms with Crippen molar-refractivity contribution >= 4 is 23.7 Å². The molecule has 0 fully saturated rings. The molecule has 0 aromatic heterocycles. The standard InChI is InChI=1S/C21H26N2O5/c1-5-9-23(6-2)18-8-7-16(19(24)13-18)12-17(14-22)21(26)28-11-10-27-20(25)15(3)4/h7-8,12-13,24H,3,5-6,9-11H2,1-2,4H3/b17-12+. The number of phenolic OH excluding ortho intramolecular Hbond substituents is 1. The molecule has 28 heavy (non-hydrogen) atoms. The Labute approximate surface area is 165 Å². The molecule has 1 N–H and O–H groups in total. The maximum absolute atomic E-state index is 12.0. The molecule has 150 valence electrons. The Hall–Kier alpha value is -3.27. The third-order valence-corrected chi connectivity index (χ3v) is 3.79. The van der Waals surface area contributed by atoms with Crippen LogP contribution in [0.2, 0.25) is 0 Å². The maximum Gasteiger partial charge on any atom is 0.349 e. The number of anilines is 1. The second kappa shape index (κ2) is 11.4. The van der Waals surface area contributed by atoms with E-state index in [1.165, 1.54) is 13.0 Å². The molecule has 7 heteroatoms. The van der Waals surface area contributed by atoms with Crippen molar-refractivity contribution in [1.29, 1.82) is 5.26 Å². The lowest BCUT2D eigenvalue weighted by atomic mass is 10.1. The molecule has 0 heterocycles. The lowest BCUT2D eigenvalue weighted by Crippen LogP contribution is -2.23. The van der Waals surface area contributed by atoms with Crippen molar-refractivity contribution in [2.24, 2.45) is 0 Å². The average molecular weight is 386 g/mol. The topological polar surface area (TPSA) is 99.9 Å². The zero-order valence-electron chi connectivity index (χ0n) is 16.5. The van der Waals surface area contributed by atoms with Gasteiger partial charge in [-0.15, -0.1) is 0 Å². The number of benzene rings is 1. The molecule has 0 aliphatic carbocycles. The fourth-order valence-corrected chi connectivity index (χ4v) is 2.35. The monoisotopic (exact) mass is 386 g/mol. The number of ether oxygens (including phenoxy) is 2. The van der Waals surface area contributed by atoms with Gasteiger partial charge < -0.3 is 19.5 Å². The van der Waals surface area contributed by atoms with E-state index in [0.717, 1.165) is 25.2 Å². The summed E-state index contributed by atoms with van der Waals surface area (Å²) >= 11 is 0. The molecule has 0 amide bonds. The van der Waals surface area contributed by atoms with Crippen LogP contribution in [0.1, 0.15) is 32.8 Å². The van der Waals surface area contributed by atoms with E-state index in [-0.39, 0.29) is 30.1 Å². The van der Waals surface area contributed by atoms with Gasteiger partial charge in [-0.2, -0.15) is 5.26 Å². The summed E-state index contributed by atoms with van der Waals surface area (Å²) in [5.41, 5.74) is 1.16. The number of rotatable bonds is 10. The average Bonchev–Trinajstić information content (AvgIpc) is 2.67. The van der Waals surface area contributed by atoms with E-state index >= 15 is 0 Å². The summed E-state index contributed by atoms with van der Waals surface area (Å²) in [6, 6.07) is 6.82. The Morgan fingerprint density at radius 1 is 1.25 bits per heavy atom. The summed E-state index contributed by atoms with van der Waals surface area (Å²) in [6.45, 7) is 10.4. The first kappa shape index (κ1) is 22.8. The van der Waals surface area contributed by atoms with E-state index in [0.29, 0.717) is 5.56 Å². The summed E-state index contributed by atoms with van der Waals surface area (Å²) in [4.78, 5) is 25.4. The Bertz CT molecular complexity index is 792. The van der Waals surface area contributed by atoms with Crippen LogP contribution in [-0.4, -0.2) is 43.3 Å². The first-order valence-corrected chi connectivity index (χ1v) is 9.03. The van der Waals surface area contributed by atoms with Crippen LogP contribution in [0.15, 0.2) is 35.9 Å². The number of carbonyl (C=O) groups is 2. The lowest BCUT2D eigenvalue weighted by molar-refractivity contribution is -0.147. The molecule has 0 unspecified atom stereocenters. The smallest absolute Gasteiger partial charge is 0.349 e. The first-order valence-electron chi connectivity index (χ1n) is 9.03. The summed E-state index contributed by atoms with van der Waals surface area (Å²) < 4.78 is 9.73. The van der Waals surface area contributed by atoms with E-state index in [9.17, 15) is 20.0 Å². The van der Waals surface area contributed by atoms with Gasteiger partial charge in [0.1, 0.15) is 30.6 Å². The molecule has 0 aliphatic heterocycles. The molecule has 0 saturated heterocycles. The minimum Gasteiger partial charge on any atom is -0.507 e. The van der Waals surface area contributed by atoms with Crippen LogP contribution in [0.5, 0.6) is 5.75 Å². The normalized spacial score (nSPS) is 10.7. The third kappa shape index (κ3) is 6.80. The highest BCUT2D eigenvalue weighted by Crippen LogP contribution is 2.27. The second-order valence-corrected chi connectivity index (χ2v) is 6.04. The first-order chi connectivity index (χ1) is 13.3. The van der Waals surface area contributed by atoms with Crippen molar-refractivity contribution in [3.05, 3.63) is 41.5 Å². The molecule has 1 rings (SSSR count). The Kier molecular flexibility index (Phi) is 9.31. The second-order valence-electron chi connectivity index (χ2n) is 6.04. The molecule has 0 bridgehead atoms. The Balaban J connectivity index is 2.80. The molecule has 1 aromatic carbocycles. The number of carbonyl (C=O) groups excluding carboxylic acids is 2. The van der Waals surface area contributed by atoms with Crippen LogP contribution >= 0.6 is 0 Å². The van der Waals surface area contributed by atoms with Gasteiger partial charge in [0.25, 0.3) is 0 Å². The summed E-state index contributed by atoms with van der Waals surface area (Å²) in [6.07, 6.45) is 2.24. The van der Waals surface area contributed by atoms with Crippen LogP contribution in [0.25, 0.3) is 6.08 Å². The van der Waals surface area contributed by atoms with Crippen molar-refractivity contribution in [3.8, 4) is 11.8 Å². The van der Waals surface area contributed by atoms with Crippen LogP contribution in [0.4, 0.5) is 5.69 Å². The van der Waals surface area contributed by atoms with E-state index in [2.05, 4.69) is 18.4 Å². The quantitative estimate of drug-likeness (QED) is 0.285. The highest BCUT2D eigenvalue weighted by molar-refractivity contribution is 5.98. The highest BCUT2D eigenvalue weighted by Gasteiger charge is 2.13. The summed E-state index contributed by atoms with van der Waals surface area (Å²) in [7, 11) is 0. The zero-order chi connectivity index (χ0) is 21.1. The molecule has 0 atom stereocenters. The molecular formula is C21H26N2O5. The largest absolute Gasteiger partial charge is 0.507 e. The van der Waals surface area contributed by atoms with Gasteiger partial charge in [-0.1, -0.05) is 13.5 Å².